The van der Waals surface area contributed by atoms with Gasteiger partial charge in [-0.15, -0.1) is 0 Å². The maximum atomic E-state index is 12.5. The van der Waals surface area contributed by atoms with E-state index < -0.39 is 0 Å². The first-order valence-electron chi connectivity index (χ1n) is 9.27. The summed E-state index contributed by atoms with van der Waals surface area (Å²) in [5.41, 5.74) is 0. The Balaban J connectivity index is 1.36. The van der Waals surface area contributed by atoms with Gasteiger partial charge in [-0.3, -0.25) is 9.69 Å². The Morgan fingerprint density at radius 1 is 1.26 bits per heavy atom. The van der Waals surface area contributed by atoms with Gasteiger partial charge >= 0.3 is 0 Å². The second-order valence-electron chi connectivity index (χ2n) is 7.00. The Labute approximate surface area is 139 Å². The molecule has 5 heteroatoms. The largest absolute Gasteiger partial charge is 0.355 e. The Kier molecular flexibility index (Phi) is 5.70. The van der Waals surface area contributed by atoms with Crippen LogP contribution in [0, 0.1) is 6.92 Å². The minimum Gasteiger partial charge on any atom is -0.355 e. The van der Waals surface area contributed by atoms with Crippen LogP contribution in [0.1, 0.15) is 57.2 Å². The fourth-order valence-corrected chi connectivity index (χ4v) is 4.12. The molecule has 1 saturated carbocycles. The third-order valence-electron chi connectivity index (χ3n) is 5.44. The summed E-state index contributed by atoms with van der Waals surface area (Å²) in [5, 5.41) is 3.17. The molecule has 2 fully saturated rings. The van der Waals surface area contributed by atoms with Crippen molar-refractivity contribution in [3.05, 3.63) is 18.2 Å². The second-order valence-corrected chi connectivity index (χ2v) is 7.00. The number of rotatable bonds is 7. The number of likely N-dealkylation sites (tertiary alicyclic amines) is 1. The van der Waals surface area contributed by atoms with Crippen LogP contribution in [0.3, 0.4) is 0 Å². The molecule has 5 nitrogen and oxygen atoms in total. The molecule has 1 aliphatic carbocycles. The van der Waals surface area contributed by atoms with Crippen molar-refractivity contribution in [1.29, 1.82) is 0 Å². The number of carbonyl (C=O) groups is 1. The van der Waals surface area contributed by atoms with Gasteiger partial charge in [-0.1, -0.05) is 12.8 Å². The molecule has 0 bridgehead atoms. The zero-order valence-corrected chi connectivity index (χ0v) is 14.3. The van der Waals surface area contributed by atoms with E-state index in [2.05, 4.69) is 19.8 Å². The van der Waals surface area contributed by atoms with Gasteiger partial charge < -0.3 is 9.88 Å². The molecule has 1 aromatic rings. The summed E-state index contributed by atoms with van der Waals surface area (Å²) >= 11 is 0. The van der Waals surface area contributed by atoms with Gasteiger partial charge in [-0.25, -0.2) is 4.98 Å². The topological polar surface area (TPSA) is 50.2 Å². The Morgan fingerprint density at radius 2 is 2.09 bits per heavy atom. The first-order valence-corrected chi connectivity index (χ1v) is 9.27. The highest BCUT2D eigenvalue weighted by Crippen LogP contribution is 2.30. The number of nitrogens with zero attached hydrogens (tertiary/aromatic N) is 3. The number of hydrogen-bond acceptors (Lipinski definition) is 3. The van der Waals surface area contributed by atoms with Gasteiger partial charge in [-0.2, -0.15) is 0 Å². The Bertz CT molecular complexity index is 507. The lowest BCUT2D eigenvalue weighted by molar-refractivity contribution is -0.126. The lowest BCUT2D eigenvalue weighted by Crippen LogP contribution is -2.47. The van der Waals surface area contributed by atoms with E-state index in [9.17, 15) is 4.79 Å². The van der Waals surface area contributed by atoms with Crippen LogP contribution in [-0.2, 0) is 11.3 Å². The molecule has 1 aromatic heterocycles. The maximum Gasteiger partial charge on any atom is 0.237 e. The van der Waals surface area contributed by atoms with Crippen molar-refractivity contribution in [2.24, 2.45) is 0 Å². The number of hydrogen-bond donors (Lipinski definition) is 1. The number of amides is 1. The van der Waals surface area contributed by atoms with Gasteiger partial charge in [0.1, 0.15) is 5.82 Å². The summed E-state index contributed by atoms with van der Waals surface area (Å²) in [5.74, 6) is 1.32. The highest BCUT2D eigenvalue weighted by molar-refractivity contribution is 5.82. The summed E-state index contributed by atoms with van der Waals surface area (Å²) in [6.07, 6.45) is 13.4. The number of nitrogens with one attached hydrogen (secondary N) is 1. The molecule has 1 amide bonds. The Hall–Kier alpha value is -1.36. The van der Waals surface area contributed by atoms with Crippen LogP contribution in [0.4, 0.5) is 0 Å². The van der Waals surface area contributed by atoms with Crippen molar-refractivity contribution in [3.8, 4) is 0 Å². The van der Waals surface area contributed by atoms with Crippen molar-refractivity contribution < 1.29 is 4.79 Å². The summed E-state index contributed by atoms with van der Waals surface area (Å²) in [6.45, 7) is 4.92. The van der Waals surface area contributed by atoms with Gasteiger partial charge in [0.15, 0.2) is 0 Å². The van der Waals surface area contributed by atoms with E-state index >= 15 is 0 Å². The SMILES string of the molecule is Cc1nccn1CCCCNC(=O)[C@H]1CCCN1C1CCCC1. The standard InChI is InChI=1S/C18H30N4O/c1-15-19-11-14-21(15)12-5-4-10-20-18(23)17-9-6-13-22(17)16-7-2-3-8-16/h11,14,16-17H,2-10,12-13H2,1H3,(H,20,23)/t17-/m1/s1. The van der Waals surface area contributed by atoms with Crippen molar-refractivity contribution >= 4 is 5.91 Å². The van der Waals surface area contributed by atoms with Crippen LogP contribution in [0.15, 0.2) is 12.4 Å². The molecule has 128 valence electrons. The quantitative estimate of drug-likeness (QED) is 0.786. The van der Waals surface area contributed by atoms with Crippen molar-refractivity contribution in [2.75, 3.05) is 13.1 Å². The van der Waals surface area contributed by atoms with E-state index in [1.54, 1.807) is 0 Å². The summed E-state index contributed by atoms with van der Waals surface area (Å²) in [7, 11) is 0. The first-order chi connectivity index (χ1) is 11.3. The van der Waals surface area contributed by atoms with E-state index in [1.807, 2.05) is 19.3 Å². The third-order valence-corrected chi connectivity index (χ3v) is 5.44. The van der Waals surface area contributed by atoms with Crippen LogP contribution in [0.5, 0.6) is 0 Å². The molecule has 0 aromatic carbocycles. The summed E-state index contributed by atoms with van der Waals surface area (Å²) in [4.78, 5) is 19.2. The first kappa shape index (κ1) is 16.5. The minimum atomic E-state index is 0.133. The number of aromatic nitrogens is 2. The molecule has 0 radical (unpaired) electrons. The van der Waals surface area contributed by atoms with Crippen LogP contribution in [0.2, 0.25) is 0 Å². The lowest BCUT2D eigenvalue weighted by atomic mass is 10.1. The third kappa shape index (κ3) is 4.14. The summed E-state index contributed by atoms with van der Waals surface area (Å²) in [6, 6.07) is 0.798. The molecule has 1 aliphatic heterocycles. The molecule has 1 saturated heterocycles. The average molecular weight is 318 g/mol. The number of unbranched alkanes of at least 4 members (excludes halogenated alkanes) is 1. The molecular weight excluding hydrogens is 288 g/mol. The monoisotopic (exact) mass is 318 g/mol. The maximum absolute atomic E-state index is 12.5. The van der Waals surface area contributed by atoms with E-state index in [1.165, 1.54) is 32.1 Å². The van der Waals surface area contributed by atoms with Gasteiger partial charge in [0, 0.05) is 31.5 Å². The van der Waals surface area contributed by atoms with E-state index in [4.69, 9.17) is 0 Å². The molecule has 1 atom stereocenters. The molecule has 23 heavy (non-hydrogen) atoms. The van der Waals surface area contributed by atoms with Crippen molar-refractivity contribution in [1.82, 2.24) is 19.8 Å². The molecule has 1 N–H and O–H groups in total. The fourth-order valence-electron chi connectivity index (χ4n) is 4.12. The zero-order chi connectivity index (χ0) is 16.1. The van der Waals surface area contributed by atoms with Gasteiger partial charge in [0.25, 0.3) is 0 Å². The predicted octanol–water partition coefficient (Wildman–Crippen LogP) is 2.49. The van der Waals surface area contributed by atoms with Gasteiger partial charge in [0.05, 0.1) is 6.04 Å². The molecule has 0 unspecified atom stereocenters. The average Bonchev–Trinajstić information content (AvgIpc) is 3.28. The minimum absolute atomic E-state index is 0.133. The van der Waals surface area contributed by atoms with E-state index in [-0.39, 0.29) is 11.9 Å². The highest BCUT2D eigenvalue weighted by Gasteiger charge is 2.36. The molecule has 3 rings (SSSR count). The lowest BCUT2D eigenvalue weighted by Gasteiger charge is -2.29. The van der Waals surface area contributed by atoms with Gasteiger partial charge in [-0.05, 0) is 52.0 Å². The van der Waals surface area contributed by atoms with Crippen LogP contribution >= 0.6 is 0 Å². The van der Waals surface area contributed by atoms with Crippen LogP contribution in [0.25, 0.3) is 0 Å². The smallest absolute Gasteiger partial charge is 0.237 e. The number of aryl methyl sites for hydroxylation is 2. The number of imidazole rings is 1. The van der Waals surface area contributed by atoms with Gasteiger partial charge in [0.2, 0.25) is 5.91 Å². The van der Waals surface area contributed by atoms with Crippen molar-refractivity contribution in [3.63, 3.8) is 0 Å². The molecule has 2 aliphatic rings. The van der Waals surface area contributed by atoms with E-state index in [0.717, 1.165) is 44.7 Å². The fraction of sp³-hybridized carbons (Fsp3) is 0.778. The van der Waals surface area contributed by atoms with Crippen LogP contribution in [-0.4, -0.2) is 45.5 Å². The normalized spacial score (nSPS) is 22.7. The van der Waals surface area contributed by atoms with E-state index in [0.29, 0.717) is 6.04 Å². The molecular formula is C18H30N4O. The highest BCUT2D eigenvalue weighted by atomic mass is 16.2. The zero-order valence-electron chi connectivity index (χ0n) is 14.3. The Morgan fingerprint density at radius 3 is 2.83 bits per heavy atom. The molecule has 0 spiro atoms. The summed E-state index contributed by atoms with van der Waals surface area (Å²) < 4.78 is 2.17. The van der Waals surface area contributed by atoms with Crippen molar-refractivity contribution in [2.45, 2.75) is 76.9 Å². The predicted molar refractivity (Wildman–Crippen MR) is 91.2 cm³/mol. The second kappa shape index (κ2) is 7.95. The number of carbonyl (C=O) groups excluding carboxylic acids is 1. The molecule has 2 heterocycles. The van der Waals surface area contributed by atoms with Crippen LogP contribution < -0.4 is 5.32 Å².